The lowest BCUT2D eigenvalue weighted by atomic mass is 9.82. The Hall–Kier alpha value is -5.26. The molecule has 0 saturated heterocycles. The molecule has 72 heavy (non-hydrogen) atoms. The number of rotatable bonds is 15. The van der Waals surface area contributed by atoms with E-state index >= 15 is 0 Å². The number of benzene rings is 4. The summed E-state index contributed by atoms with van der Waals surface area (Å²) < 4.78 is 42.7. The minimum absolute atomic E-state index is 0. The molecule has 13 nitrogen and oxygen atoms in total. The average Bonchev–Trinajstić information content (AvgIpc) is 3.34. The van der Waals surface area contributed by atoms with E-state index in [-0.39, 0.29) is 47.3 Å². The van der Waals surface area contributed by atoms with Crippen LogP contribution < -0.4 is 31.2 Å². The number of carboxylic acids is 2. The molecule has 0 aliphatic heterocycles. The van der Waals surface area contributed by atoms with Gasteiger partial charge < -0.3 is 41.4 Å². The first-order valence-electron chi connectivity index (χ1n) is 23.2. The minimum Gasteiger partial charge on any atom is -0.484 e. The minimum atomic E-state index is -5.08. The van der Waals surface area contributed by atoms with Crippen LogP contribution in [0, 0.1) is 11.8 Å². The molecule has 4 aromatic rings. The Morgan fingerprint density at radius 2 is 0.875 bits per heavy atom. The third-order valence-corrected chi connectivity index (χ3v) is 13.2. The van der Waals surface area contributed by atoms with Gasteiger partial charge in [0.1, 0.15) is 11.5 Å². The van der Waals surface area contributed by atoms with E-state index in [1.807, 2.05) is 38.1 Å². The second-order valence-electron chi connectivity index (χ2n) is 18.4. The van der Waals surface area contributed by atoms with E-state index in [4.69, 9.17) is 76.6 Å². The van der Waals surface area contributed by atoms with E-state index in [0.717, 1.165) is 69.0 Å². The fourth-order valence-electron chi connectivity index (χ4n) is 7.40. The molecule has 3 amide bonds. The topological polar surface area (TPSA) is 206 Å². The molecule has 4 aromatic carbocycles. The van der Waals surface area contributed by atoms with E-state index in [1.165, 1.54) is 0 Å². The monoisotopic (exact) mass is 1090 g/mol. The molecule has 0 radical (unpaired) electrons. The molecule has 0 spiro atoms. The first-order valence-corrected chi connectivity index (χ1v) is 24.7. The smallest absolute Gasteiger partial charge is 0.484 e. The molecule has 2 fully saturated rings. The summed E-state index contributed by atoms with van der Waals surface area (Å²) in [6, 6.07) is 28.6. The first kappa shape index (κ1) is 61.0. The molecule has 2 saturated carbocycles. The summed E-state index contributed by atoms with van der Waals surface area (Å²) in [6.45, 7) is 8.60. The number of hydrogen-bond acceptors (Lipinski definition) is 8. The molecule has 6 rings (SSSR count). The normalized spacial score (nSPS) is 17.6. The number of amides is 3. The van der Waals surface area contributed by atoms with Crippen LogP contribution in [0.25, 0.3) is 0 Å². The Kier molecular flexibility index (Phi) is 25.0. The van der Waals surface area contributed by atoms with Crippen molar-refractivity contribution in [2.24, 2.45) is 17.6 Å². The van der Waals surface area contributed by atoms with Crippen LogP contribution in [-0.2, 0) is 34.8 Å². The van der Waals surface area contributed by atoms with Crippen molar-refractivity contribution in [1.82, 2.24) is 16.0 Å². The summed E-state index contributed by atoms with van der Waals surface area (Å²) in [5.41, 5.74) is 5.86. The second-order valence-corrected chi connectivity index (χ2v) is 20.1. The highest BCUT2D eigenvalue weighted by molar-refractivity contribution is 6.31. The number of halogens is 7. The maximum absolute atomic E-state index is 12.8. The zero-order chi connectivity index (χ0) is 53.6. The molecule has 0 unspecified atom stereocenters. The van der Waals surface area contributed by atoms with E-state index in [0.29, 0.717) is 50.0 Å². The highest BCUT2D eigenvalue weighted by atomic mass is 35.5. The van der Waals surface area contributed by atoms with Crippen LogP contribution >= 0.6 is 46.4 Å². The van der Waals surface area contributed by atoms with Crippen molar-refractivity contribution in [2.45, 2.75) is 108 Å². The molecule has 7 N–H and O–H groups in total. The predicted octanol–water partition coefficient (Wildman–Crippen LogP) is 11.6. The van der Waals surface area contributed by atoms with Crippen LogP contribution in [0.15, 0.2) is 97.1 Å². The Balaban J connectivity index is 0.00000109. The number of nitrogens with one attached hydrogen (secondary N) is 3. The van der Waals surface area contributed by atoms with Gasteiger partial charge in [-0.2, -0.15) is 13.2 Å². The lowest BCUT2D eigenvalue weighted by Crippen LogP contribution is -2.44. The first-order chi connectivity index (χ1) is 33.8. The number of carboxylic acid groups (broad SMARTS) is 2. The Bertz CT molecular complexity index is 2340. The number of aliphatic carboxylic acids is 2. The molecule has 2 aliphatic rings. The van der Waals surface area contributed by atoms with Gasteiger partial charge in [0.25, 0.3) is 11.8 Å². The van der Waals surface area contributed by atoms with Gasteiger partial charge in [0.2, 0.25) is 5.91 Å². The van der Waals surface area contributed by atoms with Crippen LogP contribution in [0.1, 0.15) is 94.5 Å². The number of carbonyl (C=O) groups excluding carboxylic acids is 3. The van der Waals surface area contributed by atoms with Gasteiger partial charge in [-0.05, 0) is 181 Å². The highest BCUT2D eigenvalue weighted by Crippen LogP contribution is 2.28. The molecule has 20 heteroatoms. The van der Waals surface area contributed by atoms with Gasteiger partial charge in [-0.25, -0.2) is 4.79 Å². The molecular weight excluding hydrogens is 1020 g/mol. The largest absolute Gasteiger partial charge is 0.490 e. The lowest BCUT2D eigenvalue weighted by molar-refractivity contribution is -0.192. The molecule has 2 aliphatic carbocycles. The van der Waals surface area contributed by atoms with Crippen molar-refractivity contribution in [2.75, 3.05) is 26.3 Å². The van der Waals surface area contributed by atoms with Gasteiger partial charge in [0.15, 0.2) is 13.2 Å². The van der Waals surface area contributed by atoms with Crippen molar-refractivity contribution in [3.8, 4) is 11.5 Å². The molecular formula is C52H69Cl4F3N4O9. The van der Waals surface area contributed by atoms with Crippen LogP contribution in [-0.4, -0.2) is 84.4 Å². The van der Waals surface area contributed by atoms with Gasteiger partial charge in [0, 0.05) is 43.0 Å². The van der Waals surface area contributed by atoms with Crippen LogP contribution in [0.5, 0.6) is 11.5 Å². The summed E-state index contributed by atoms with van der Waals surface area (Å²) in [5, 5.41) is 27.8. The SMILES string of the molecule is CC(C)(C(=O)NCC1CCC(NC(=O)COc2ccc(Cl)cc2)CC1)c1ccc(Cl)cc1.CC(C)(C(=O)O)c1ccc(Cl)cc1.NCC1CCC(NC(=O)COc2ccc(Cl)cc2)CC1.O=C(O)C(F)(F)F.[HH].[HH].[HH]. The van der Waals surface area contributed by atoms with Crippen molar-refractivity contribution in [1.29, 1.82) is 0 Å². The maximum Gasteiger partial charge on any atom is 0.490 e. The fourth-order valence-corrected chi connectivity index (χ4v) is 7.90. The quantitative estimate of drug-likeness (QED) is 0.0664. The maximum atomic E-state index is 12.8. The number of ether oxygens (including phenoxy) is 2. The van der Waals surface area contributed by atoms with Crippen LogP contribution in [0.3, 0.4) is 0 Å². The summed E-state index contributed by atoms with van der Waals surface area (Å²) >= 11 is 23.3. The third kappa shape index (κ3) is 21.8. The average molecular weight is 1090 g/mol. The number of carbonyl (C=O) groups is 5. The van der Waals surface area contributed by atoms with Crippen molar-refractivity contribution < 1.29 is 61.1 Å². The van der Waals surface area contributed by atoms with Crippen molar-refractivity contribution in [3.05, 3.63) is 128 Å². The second kappa shape index (κ2) is 29.4. The fraction of sp³-hybridized carbons (Fsp3) is 0.442. The summed E-state index contributed by atoms with van der Waals surface area (Å²) in [5.74, 6) is -1.48. The van der Waals surface area contributed by atoms with Crippen molar-refractivity contribution in [3.63, 3.8) is 0 Å². The van der Waals surface area contributed by atoms with Crippen LogP contribution in [0.2, 0.25) is 20.1 Å². The van der Waals surface area contributed by atoms with Crippen LogP contribution in [0.4, 0.5) is 13.2 Å². The third-order valence-electron chi connectivity index (χ3n) is 12.2. The number of hydrogen-bond donors (Lipinski definition) is 6. The van der Waals surface area contributed by atoms with E-state index in [2.05, 4.69) is 16.0 Å². The Morgan fingerprint density at radius 1 is 0.556 bits per heavy atom. The van der Waals surface area contributed by atoms with E-state index in [9.17, 15) is 32.3 Å². The zero-order valence-corrected chi connectivity index (χ0v) is 43.5. The molecule has 0 atom stereocenters. The highest BCUT2D eigenvalue weighted by Gasteiger charge is 2.38. The van der Waals surface area contributed by atoms with E-state index < -0.39 is 28.9 Å². The summed E-state index contributed by atoms with van der Waals surface area (Å²) in [7, 11) is 0. The molecule has 400 valence electrons. The Morgan fingerprint density at radius 3 is 1.19 bits per heavy atom. The lowest BCUT2D eigenvalue weighted by Gasteiger charge is -2.31. The van der Waals surface area contributed by atoms with E-state index in [1.54, 1.807) is 86.6 Å². The van der Waals surface area contributed by atoms with Gasteiger partial charge in [-0.1, -0.05) is 70.7 Å². The Labute approximate surface area is 443 Å². The number of alkyl halides is 3. The number of nitrogens with two attached hydrogens (primary N) is 1. The van der Waals surface area contributed by atoms with Crippen molar-refractivity contribution >= 4 is 76.1 Å². The molecule has 0 aromatic heterocycles. The van der Waals surface area contributed by atoms with Gasteiger partial charge in [0.05, 0.1) is 10.8 Å². The summed E-state index contributed by atoms with van der Waals surface area (Å²) in [4.78, 5) is 56.6. The van der Waals surface area contributed by atoms with Gasteiger partial charge >= 0.3 is 18.1 Å². The summed E-state index contributed by atoms with van der Waals surface area (Å²) in [6.07, 6.45) is 2.85. The van der Waals surface area contributed by atoms with Gasteiger partial charge in [-0.15, -0.1) is 0 Å². The molecule has 0 heterocycles. The predicted molar refractivity (Wildman–Crippen MR) is 280 cm³/mol. The zero-order valence-electron chi connectivity index (χ0n) is 40.5. The molecule has 0 bridgehead atoms. The standard InChI is InChI=1S/C25H30Cl2N2O3.C15H21ClN2O2.C10H11ClO2.C2HF3O2.3H2/c1-25(2,18-5-7-19(26)8-6-18)24(31)28-15-17-3-11-21(12-4-17)29-23(30)16-32-22-13-9-20(27)10-14-22;16-12-3-7-14(8-4-12)20-10-15(19)18-13-5-1-11(9-17)2-6-13;1-10(2,9(12)13)7-3-5-8(11)6-4-7;3-2(4,5)1(6)7;;;/h5-10,13-14,17,21H,3-4,11-12,15-16H2,1-2H3,(H,28,31)(H,29,30);3-4,7-8,11,13H,1-2,5-6,9-10,17H2,(H,18,19);3-6H,1-2H3,(H,12,13);(H,6,7);3*1H. The van der Waals surface area contributed by atoms with Gasteiger partial charge in [-0.3, -0.25) is 19.2 Å².